The van der Waals surface area contributed by atoms with E-state index in [0.29, 0.717) is 10.9 Å². The Kier molecular flexibility index (Phi) is 4.45. The van der Waals surface area contributed by atoms with Crippen molar-refractivity contribution in [1.29, 1.82) is 0 Å². The number of aromatic nitrogens is 1. The fourth-order valence-corrected chi connectivity index (χ4v) is 1.74. The van der Waals surface area contributed by atoms with Crippen LogP contribution in [0.1, 0.15) is 32.9 Å². The minimum atomic E-state index is 0.0738. The van der Waals surface area contributed by atoms with Crippen LogP contribution in [0.15, 0.2) is 12.1 Å². The summed E-state index contributed by atoms with van der Waals surface area (Å²) in [6, 6.07) is 3.78. The Morgan fingerprint density at radius 1 is 1.38 bits per heavy atom. The molecule has 90 valence electrons. The van der Waals surface area contributed by atoms with Gasteiger partial charge in [0.2, 0.25) is 0 Å². The quantitative estimate of drug-likeness (QED) is 0.758. The first kappa shape index (κ1) is 13.6. The average Bonchev–Trinajstić information content (AvgIpc) is 2.28. The van der Waals surface area contributed by atoms with Crippen LogP contribution in [0.5, 0.6) is 0 Å². The summed E-state index contributed by atoms with van der Waals surface area (Å²) < 4.78 is 0. The van der Waals surface area contributed by atoms with Gasteiger partial charge in [-0.25, -0.2) is 4.98 Å². The number of halogens is 2. The molecule has 16 heavy (non-hydrogen) atoms. The summed E-state index contributed by atoms with van der Waals surface area (Å²) in [7, 11) is 2.04. The van der Waals surface area contributed by atoms with Gasteiger partial charge in [0.25, 0.3) is 0 Å². The Morgan fingerprint density at radius 2 is 2.00 bits per heavy atom. The van der Waals surface area contributed by atoms with Crippen LogP contribution in [0.3, 0.4) is 0 Å². The summed E-state index contributed by atoms with van der Waals surface area (Å²) in [5.41, 5.74) is 0.810. The molecule has 2 nitrogen and oxygen atoms in total. The zero-order valence-corrected chi connectivity index (χ0v) is 11.7. The van der Waals surface area contributed by atoms with Crippen LogP contribution in [0.2, 0.25) is 5.02 Å². The highest BCUT2D eigenvalue weighted by atomic mass is 35.5. The van der Waals surface area contributed by atoms with Gasteiger partial charge in [0, 0.05) is 12.6 Å². The molecular formula is C12H18Cl2N2. The second-order valence-corrected chi connectivity index (χ2v) is 5.13. The number of rotatable bonds is 4. The number of hydrogen-bond acceptors (Lipinski definition) is 2. The van der Waals surface area contributed by atoms with Crippen LogP contribution in [-0.4, -0.2) is 17.6 Å². The molecule has 4 heteroatoms. The molecule has 0 aromatic carbocycles. The summed E-state index contributed by atoms with van der Waals surface area (Å²) in [4.78, 5) is 6.62. The molecule has 0 aliphatic heterocycles. The van der Waals surface area contributed by atoms with Crippen LogP contribution in [0, 0.1) is 0 Å². The summed E-state index contributed by atoms with van der Waals surface area (Å²) in [5, 5.41) is 0.626. The molecule has 1 heterocycles. The lowest BCUT2D eigenvalue weighted by Crippen LogP contribution is -2.41. The van der Waals surface area contributed by atoms with Crippen LogP contribution in [0.25, 0.3) is 0 Å². The van der Waals surface area contributed by atoms with Gasteiger partial charge in [-0.3, -0.25) is 0 Å². The third kappa shape index (κ3) is 2.80. The lowest BCUT2D eigenvalue weighted by atomic mass is 10.00. The second kappa shape index (κ2) is 5.24. The lowest BCUT2D eigenvalue weighted by Gasteiger charge is -2.36. The summed E-state index contributed by atoms with van der Waals surface area (Å²) in [5.74, 6) is 1.25. The first-order valence-electron chi connectivity index (χ1n) is 5.37. The number of nitrogens with zero attached hydrogens (tertiary/aromatic N) is 2. The average molecular weight is 261 g/mol. The summed E-state index contributed by atoms with van der Waals surface area (Å²) in [6.45, 7) is 6.53. The fraction of sp³-hybridized carbons (Fsp3) is 0.583. The molecule has 0 atom stereocenters. The van der Waals surface area contributed by atoms with Crippen LogP contribution >= 0.6 is 23.2 Å². The molecule has 0 spiro atoms. The maximum Gasteiger partial charge on any atom is 0.129 e. The lowest BCUT2D eigenvalue weighted by molar-refractivity contribution is 0.467. The summed E-state index contributed by atoms with van der Waals surface area (Å²) in [6.07, 6.45) is 1.05. The number of alkyl halides is 1. The van der Waals surface area contributed by atoms with Crippen molar-refractivity contribution >= 4 is 29.0 Å². The van der Waals surface area contributed by atoms with E-state index in [1.165, 1.54) is 0 Å². The van der Waals surface area contributed by atoms with Crippen LogP contribution < -0.4 is 4.90 Å². The van der Waals surface area contributed by atoms with E-state index in [-0.39, 0.29) is 5.54 Å². The first-order chi connectivity index (χ1) is 7.42. The SMILES string of the molecule is CCC(C)(C)N(C)c1ccc(Cl)c(CCl)n1. The predicted molar refractivity (Wildman–Crippen MR) is 71.6 cm³/mol. The van der Waals surface area contributed by atoms with Gasteiger partial charge in [-0.05, 0) is 32.4 Å². The minimum absolute atomic E-state index is 0.0738. The zero-order valence-electron chi connectivity index (χ0n) is 10.2. The maximum atomic E-state index is 5.98. The molecule has 1 aromatic heterocycles. The van der Waals surface area contributed by atoms with Crippen molar-refractivity contribution in [1.82, 2.24) is 4.98 Å². The molecule has 0 bridgehead atoms. The highest BCUT2D eigenvalue weighted by molar-refractivity contribution is 6.32. The van der Waals surface area contributed by atoms with Gasteiger partial charge in [0.05, 0.1) is 16.6 Å². The monoisotopic (exact) mass is 260 g/mol. The Morgan fingerprint density at radius 3 is 2.50 bits per heavy atom. The van der Waals surface area contributed by atoms with Crippen molar-refractivity contribution in [3.8, 4) is 0 Å². The number of pyridine rings is 1. The van der Waals surface area contributed by atoms with E-state index in [1.54, 1.807) is 0 Å². The molecule has 0 amide bonds. The number of hydrogen-bond donors (Lipinski definition) is 0. The molecule has 1 rings (SSSR count). The van der Waals surface area contributed by atoms with Crippen molar-refractivity contribution in [2.45, 2.75) is 38.6 Å². The van der Waals surface area contributed by atoms with E-state index in [9.17, 15) is 0 Å². The highest BCUT2D eigenvalue weighted by Crippen LogP contribution is 2.26. The van der Waals surface area contributed by atoms with Gasteiger partial charge in [0.15, 0.2) is 0 Å². The fourth-order valence-electron chi connectivity index (χ4n) is 1.30. The van der Waals surface area contributed by atoms with Crippen molar-refractivity contribution in [2.75, 3.05) is 11.9 Å². The molecular weight excluding hydrogens is 243 g/mol. The Hall–Kier alpha value is -0.470. The highest BCUT2D eigenvalue weighted by Gasteiger charge is 2.22. The van der Waals surface area contributed by atoms with Gasteiger partial charge < -0.3 is 4.90 Å². The Labute approximate surface area is 108 Å². The number of anilines is 1. The molecule has 0 fully saturated rings. The smallest absolute Gasteiger partial charge is 0.129 e. The van der Waals surface area contributed by atoms with E-state index >= 15 is 0 Å². The standard InChI is InChI=1S/C12H18Cl2N2/c1-5-12(2,3)16(4)11-7-6-9(14)10(8-13)15-11/h6-7H,5,8H2,1-4H3. The topological polar surface area (TPSA) is 16.1 Å². The van der Waals surface area contributed by atoms with Gasteiger partial charge in [-0.1, -0.05) is 18.5 Å². The normalized spacial score (nSPS) is 11.6. The van der Waals surface area contributed by atoms with Crippen molar-refractivity contribution in [3.05, 3.63) is 22.8 Å². The van der Waals surface area contributed by atoms with E-state index < -0.39 is 0 Å². The van der Waals surface area contributed by atoms with Crippen LogP contribution in [0.4, 0.5) is 5.82 Å². The zero-order chi connectivity index (χ0) is 12.3. The molecule has 0 N–H and O–H groups in total. The minimum Gasteiger partial charge on any atom is -0.355 e. The molecule has 0 unspecified atom stereocenters. The van der Waals surface area contributed by atoms with Crippen molar-refractivity contribution in [2.24, 2.45) is 0 Å². The maximum absolute atomic E-state index is 5.98. The Balaban J connectivity index is 3.05. The van der Waals surface area contributed by atoms with E-state index in [4.69, 9.17) is 23.2 Å². The molecule has 0 radical (unpaired) electrons. The Bertz CT molecular complexity index is 364. The molecule has 0 aliphatic carbocycles. The van der Waals surface area contributed by atoms with E-state index in [2.05, 4.69) is 30.7 Å². The van der Waals surface area contributed by atoms with Crippen molar-refractivity contribution < 1.29 is 0 Å². The largest absolute Gasteiger partial charge is 0.355 e. The summed E-state index contributed by atoms with van der Waals surface area (Å²) >= 11 is 11.8. The second-order valence-electron chi connectivity index (χ2n) is 4.46. The van der Waals surface area contributed by atoms with Gasteiger partial charge in [-0.15, -0.1) is 11.6 Å². The molecule has 0 saturated heterocycles. The third-order valence-corrected chi connectivity index (χ3v) is 3.74. The first-order valence-corrected chi connectivity index (χ1v) is 6.29. The van der Waals surface area contributed by atoms with Crippen molar-refractivity contribution in [3.63, 3.8) is 0 Å². The predicted octanol–water partition coefficient (Wildman–Crippen LogP) is 4.10. The third-order valence-electron chi connectivity index (χ3n) is 3.15. The van der Waals surface area contributed by atoms with Gasteiger partial charge in [0.1, 0.15) is 5.82 Å². The molecule has 1 aromatic rings. The van der Waals surface area contributed by atoms with E-state index in [0.717, 1.165) is 17.9 Å². The van der Waals surface area contributed by atoms with Gasteiger partial charge in [-0.2, -0.15) is 0 Å². The van der Waals surface area contributed by atoms with E-state index in [1.807, 2.05) is 19.2 Å². The molecule has 0 aliphatic rings. The van der Waals surface area contributed by atoms with Gasteiger partial charge >= 0.3 is 0 Å². The van der Waals surface area contributed by atoms with Crippen LogP contribution in [-0.2, 0) is 5.88 Å². The molecule has 0 saturated carbocycles.